The highest BCUT2D eigenvalue weighted by Crippen LogP contribution is 2.14. The molecule has 0 aromatic carbocycles. The topological polar surface area (TPSA) is 101 Å². The molecule has 18 heavy (non-hydrogen) atoms. The molecule has 0 spiro atoms. The zero-order valence-electron chi connectivity index (χ0n) is 11.4. The molecular formula is C11H21NO5S. The van der Waals surface area contributed by atoms with Crippen molar-refractivity contribution in [2.45, 2.75) is 57.1 Å². The van der Waals surface area contributed by atoms with Gasteiger partial charge in [0.05, 0.1) is 0 Å². The van der Waals surface area contributed by atoms with Gasteiger partial charge in [0, 0.05) is 5.54 Å². The highest BCUT2D eigenvalue weighted by atomic mass is 32.2. The van der Waals surface area contributed by atoms with Gasteiger partial charge in [-0.05, 0) is 34.1 Å². The monoisotopic (exact) mass is 279 g/mol. The number of nitrogens with one attached hydrogen (secondary N) is 1. The second kappa shape index (κ2) is 5.69. The molecular weight excluding hydrogens is 258 g/mol. The molecule has 0 aliphatic heterocycles. The second-order valence-electron chi connectivity index (χ2n) is 5.21. The van der Waals surface area contributed by atoms with Gasteiger partial charge in [0.25, 0.3) is 0 Å². The summed E-state index contributed by atoms with van der Waals surface area (Å²) in [5.41, 5.74) is -0.564. The maximum absolute atomic E-state index is 12.0. The van der Waals surface area contributed by atoms with Crippen LogP contribution in [0.5, 0.6) is 0 Å². The van der Waals surface area contributed by atoms with E-state index in [0.29, 0.717) is 0 Å². The Balaban J connectivity index is 5.13. The van der Waals surface area contributed by atoms with E-state index in [-0.39, 0.29) is 6.42 Å². The number of sulfone groups is 1. The largest absolute Gasteiger partial charge is 0.480 e. The Morgan fingerprint density at radius 2 is 1.72 bits per heavy atom. The molecule has 0 heterocycles. The van der Waals surface area contributed by atoms with Crippen molar-refractivity contribution in [3.63, 3.8) is 0 Å². The van der Waals surface area contributed by atoms with Crippen molar-refractivity contribution in [3.05, 3.63) is 0 Å². The van der Waals surface area contributed by atoms with Gasteiger partial charge in [0.15, 0.2) is 15.1 Å². The minimum absolute atomic E-state index is 0.0647. The first kappa shape index (κ1) is 16.9. The highest BCUT2D eigenvalue weighted by molar-refractivity contribution is 7.94. The van der Waals surface area contributed by atoms with E-state index in [1.165, 1.54) is 13.8 Å². The zero-order valence-corrected chi connectivity index (χ0v) is 12.2. The predicted octanol–water partition coefficient (Wildman–Crippen LogP) is 0.568. The number of aliphatic carboxylic acids is 1. The first-order chi connectivity index (χ1) is 7.93. The third kappa shape index (κ3) is 4.29. The van der Waals surface area contributed by atoms with Gasteiger partial charge in [-0.25, -0.2) is 8.42 Å². The maximum atomic E-state index is 12.0. The van der Waals surface area contributed by atoms with Crippen molar-refractivity contribution in [2.24, 2.45) is 0 Å². The van der Waals surface area contributed by atoms with Crippen molar-refractivity contribution < 1.29 is 23.1 Å². The number of carbonyl (C=O) groups is 2. The summed E-state index contributed by atoms with van der Waals surface area (Å²) in [4.78, 5) is 22.6. The predicted molar refractivity (Wildman–Crippen MR) is 68.0 cm³/mol. The molecule has 7 heteroatoms. The number of carbonyl (C=O) groups excluding carboxylic acids is 1. The molecule has 2 N–H and O–H groups in total. The van der Waals surface area contributed by atoms with Gasteiger partial charge >= 0.3 is 5.97 Å². The van der Waals surface area contributed by atoms with Crippen LogP contribution >= 0.6 is 0 Å². The van der Waals surface area contributed by atoms with E-state index in [4.69, 9.17) is 5.11 Å². The average molecular weight is 279 g/mol. The van der Waals surface area contributed by atoms with Crippen LogP contribution in [0.3, 0.4) is 0 Å². The average Bonchev–Trinajstić information content (AvgIpc) is 2.13. The van der Waals surface area contributed by atoms with Crippen LogP contribution in [0.15, 0.2) is 0 Å². The maximum Gasteiger partial charge on any atom is 0.321 e. The van der Waals surface area contributed by atoms with Gasteiger partial charge in [-0.2, -0.15) is 0 Å². The molecule has 1 amide bonds. The molecule has 0 saturated carbocycles. The number of carboxylic acids is 1. The van der Waals surface area contributed by atoms with E-state index in [1.807, 2.05) is 0 Å². The summed E-state index contributed by atoms with van der Waals surface area (Å²) in [5.74, 6) is -2.10. The molecule has 0 saturated heterocycles. The molecule has 0 aliphatic carbocycles. The Morgan fingerprint density at radius 3 is 2.00 bits per heavy atom. The van der Waals surface area contributed by atoms with Crippen LogP contribution in [-0.4, -0.2) is 41.4 Å². The number of hydrogen-bond acceptors (Lipinski definition) is 4. The summed E-state index contributed by atoms with van der Waals surface area (Å²) in [7, 11) is -4.03. The molecule has 0 radical (unpaired) electrons. The van der Waals surface area contributed by atoms with Crippen LogP contribution in [0.2, 0.25) is 0 Å². The van der Waals surface area contributed by atoms with Crippen LogP contribution in [-0.2, 0) is 19.4 Å². The number of carboxylic acid groups (broad SMARTS) is 1. The van der Waals surface area contributed by atoms with Gasteiger partial charge < -0.3 is 10.4 Å². The smallest absolute Gasteiger partial charge is 0.321 e. The van der Waals surface area contributed by atoms with Crippen LogP contribution < -0.4 is 5.32 Å². The molecule has 0 aromatic rings. The SMILES string of the molecule is CCC(C(=O)O)S(=O)(=O)C(C)C(=O)NC(C)(C)C. The van der Waals surface area contributed by atoms with E-state index in [2.05, 4.69) is 5.32 Å². The zero-order chi connectivity index (χ0) is 14.7. The summed E-state index contributed by atoms with van der Waals surface area (Å²) < 4.78 is 24.0. The summed E-state index contributed by atoms with van der Waals surface area (Å²) in [6, 6.07) is 0. The minimum Gasteiger partial charge on any atom is -0.480 e. The van der Waals surface area contributed by atoms with E-state index in [9.17, 15) is 18.0 Å². The molecule has 0 aromatic heterocycles. The van der Waals surface area contributed by atoms with Crippen molar-refractivity contribution in [1.29, 1.82) is 0 Å². The molecule has 2 atom stereocenters. The Hall–Kier alpha value is -1.11. The van der Waals surface area contributed by atoms with E-state index in [0.717, 1.165) is 0 Å². The minimum atomic E-state index is -4.03. The summed E-state index contributed by atoms with van der Waals surface area (Å²) in [5, 5.41) is 8.47. The normalized spacial score (nSPS) is 15.8. The second-order valence-corrected chi connectivity index (χ2v) is 7.66. The van der Waals surface area contributed by atoms with Crippen LogP contribution in [0.1, 0.15) is 41.0 Å². The van der Waals surface area contributed by atoms with E-state index in [1.54, 1.807) is 20.8 Å². The van der Waals surface area contributed by atoms with Crippen molar-refractivity contribution in [2.75, 3.05) is 0 Å². The van der Waals surface area contributed by atoms with Gasteiger partial charge in [0.2, 0.25) is 5.91 Å². The number of hydrogen-bond donors (Lipinski definition) is 2. The first-order valence-electron chi connectivity index (χ1n) is 5.71. The quantitative estimate of drug-likeness (QED) is 0.766. The fraction of sp³-hybridized carbons (Fsp3) is 0.818. The van der Waals surface area contributed by atoms with Crippen LogP contribution in [0.4, 0.5) is 0 Å². The molecule has 0 fully saturated rings. The van der Waals surface area contributed by atoms with E-state index >= 15 is 0 Å². The molecule has 0 bridgehead atoms. The molecule has 106 valence electrons. The summed E-state index contributed by atoms with van der Waals surface area (Å²) in [6.45, 7) is 7.84. The fourth-order valence-corrected chi connectivity index (χ4v) is 3.01. The number of rotatable bonds is 5. The third-order valence-electron chi connectivity index (χ3n) is 2.40. The van der Waals surface area contributed by atoms with Crippen molar-refractivity contribution in [1.82, 2.24) is 5.32 Å². The van der Waals surface area contributed by atoms with Crippen molar-refractivity contribution in [3.8, 4) is 0 Å². The van der Waals surface area contributed by atoms with Gasteiger partial charge in [0.1, 0.15) is 5.25 Å². The van der Waals surface area contributed by atoms with E-state index < -0.39 is 37.8 Å². The lowest BCUT2D eigenvalue weighted by Crippen LogP contribution is -2.50. The summed E-state index contributed by atoms with van der Waals surface area (Å²) >= 11 is 0. The van der Waals surface area contributed by atoms with Gasteiger partial charge in [-0.1, -0.05) is 6.92 Å². The van der Waals surface area contributed by atoms with Gasteiger partial charge in [-0.3, -0.25) is 9.59 Å². The lowest BCUT2D eigenvalue weighted by atomic mass is 10.1. The third-order valence-corrected chi connectivity index (χ3v) is 4.93. The lowest BCUT2D eigenvalue weighted by Gasteiger charge is -2.24. The van der Waals surface area contributed by atoms with Crippen LogP contribution in [0.25, 0.3) is 0 Å². The molecule has 2 unspecified atom stereocenters. The molecule has 0 aliphatic rings. The Labute approximate surface area is 108 Å². The Bertz CT molecular complexity index is 421. The number of amides is 1. The Morgan fingerprint density at radius 1 is 1.28 bits per heavy atom. The first-order valence-corrected chi connectivity index (χ1v) is 7.32. The van der Waals surface area contributed by atoms with Crippen molar-refractivity contribution >= 4 is 21.7 Å². The standard InChI is InChI=1S/C11H21NO5S/c1-6-8(10(14)15)18(16,17)7(2)9(13)12-11(3,4)5/h7-8H,6H2,1-5H3,(H,12,13)(H,14,15). The van der Waals surface area contributed by atoms with Gasteiger partial charge in [-0.15, -0.1) is 0 Å². The Kier molecular flexibility index (Phi) is 5.34. The lowest BCUT2D eigenvalue weighted by molar-refractivity contribution is -0.136. The summed E-state index contributed by atoms with van der Waals surface area (Å²) in [6.07, 6.45) is -0.0647. The molecule has 0 rings (SSSR count). The highest BCUT2D eigenvalue weighted by Gasteiger charge is 2.39. The fourth-order valence-electron chi connectivity index (χ4n) is 1.41. The van der Waals surface area contributed by atoms with Crippen LogP contribution in [0, 0.1) is 0 Å². The molecule has 6 nitrogen and oxygen atoms in total.